The number of hydrogen-bond acceptors (Lipinski definition) is 3. The summed E-state index contributed by atoms with van der Waals surface area (Å²) in [7, 11) is 0. The molecule has 22 heavy (non-hydrogen) atoms. The Bertz CT molecular complexity index is 621. The molecule has 1 aliphatic rings. The van der Waals surface area contributed by atoms with Crippen molar-refractivity contribution < 1.29 is 4.92 Å². The Kier molecular flexibility index (Phi) is 4.49. The van der Waals surface area contributed by atoms with Crippen molar-refractivity contribution in [3.05, 3.63) is 75.8 Å². The summed E-state index contributed by atoms with van der Waals surface area (Å²) >= 11 is 0. The average Bonchev–Trinajstić information content (AvgIpc) is 2.50. The van der Waals surface area contributed by atoms with E-state index in [4.69, 9.17) is 0 Å². The van der Waals surface area contributed by atoms with Gasteiger partial charge in [0.15, 0.2) is 0 Å². The highest BCUT2D eigenvalue weighted by molar-refractivity contribution is 5.34. The van der Waals surface area contributed by atoms with Crippen LogP contribution in [0.3, 0.4) is 0 Å². The first-order valence-corrected chi connectivity index (χ1v) is 7.76. The Morgan fingerprint density at radius 3 is 2.32 bits per heavy atom. The minimum Gasteiger partial charge on any atom is -0.306 e. The fourth-order valence-electron chi connectivity index (χ4n) is 2.96. The first-order valence-electron chi connectivity index (χ1n) is 7.76. The second kappa shape index (κ2) is 6.71. The van der Waals surface area contributed by atoms with E-state index in [0.717, 1.165) is 12.1 Å². The minimum atomic E-state index is -0.348. The monoisotopic (exact) mass is 296 g/mol. The summed E-state index contributed by atoms with van der Waals surface area (Å²) < 4.78 is 0. The fraction of sp³-hybridized carbons (Fsp3) is 0.333. The second-order valence-corrected chi connectivity index (χ2v) is 5.88. The molecule has 1 unspecified atom stereocenters. The van der Waals surface area contributed by atoms with Crippen LogP contribution < -0.4 is 5.32 Å². The van der Waals surface area contributed by atoms with Gasteiger partial charge in [-0.2, -0.15) is 0 Å². The number of non-ortho nitro benzene ring substituents is 1. The summed E-state index contributed by atoms with van der Waals surface area (Å²) in [6.45, 7) is 0.818. The molecule has 1 fully saturated rings. The molecular formula is C18H20N2O2. The first kappa shape index (κ1) is 14.7. The maximum atomic E-state index is 10.8. The highest BCUT2D eigenvalue weighted by Gasteiger charge is 2.28. The molecule has 1 atom stereocenters. The molecule has 0 bridgehead atoms. The zero-order chi connectivity index (χ0) is 15.4. The van der Waals surface area contributed by atoms with E-state index >= 15 is 0 Å². The molecule has 0 amide bonds. The highest BCUT2D eigenvalue weighted by Crippen LogP contribution is 2.38. The number of nitrogens with zero attached hydrogens (tertiary/aromatic N) is 1. The molecule has 0 radical (unpaired) electrons. The quantitative estimate of drug-likeness (QED) is 0.641. The third-order valence-corrected chi connectivity index (χ3v) is 4.45. The Balaban J connectivity index is 1.73. The Morgan fingerprint density at radius 2 is 1.77 bits per heavy atom. The number of hydrogen-bond donors (Lipinski definition) is 1. The number of nitro groups is 1. The van der Waals surface area contributed by atoms with Crippen LogP contribution in [0.25, 0.3) is 0 Å². The highest BCUT2D eigenvalue weighted by atomic mass is 16.6. The largest absolute Gasteiger partial charge is 0.306 e. The van der Waals surface area contributed by atoms with Gasteiger partial charge in [-0.1, -0.05) is 48.9 Å². The summed E-state index contributed by atoms with van der Waals surface area (Å²) in [6, 6.07) is 17.6. The van der Waals surface area contributed by atoms with Crippen molar-refractivity contribution in [2.24, 2.45) is 5.92 Å². The smallest absolute Gasteiger partial charge is 0.269 e. The van der Waals surface area contributed by atoms with Gasteiger partial charge < -0.3 is 5.32 Å². The van der Waals surface area contributed by atoms with Gasteiger partial charge in [0.2, 0.25) is 0 Å². The molecule has 4 nitrogen and oxygen atoms in total. The second-order valence-electron chi connectivity index (χ2n) is 5.88. The first-order chi connectivity index (χ1) is 10.7. The van der Waals surface area contributed by atoms with Crippen molar-refractivity contribution in [1.29, 1.82) is 0 Å². The van der Waals surface area contributed by atoms with Crippen LogP contribution in [0, 0.1) is 16.0 Å². The lowest BCUT2D eigenvalue weighted by Crippen LogP contribution is -2.31. The molecular weight excluding hydrogens is 276 g/mol. The number of nitro benzene ring substituents is 1. The van der Waals surface area contributed by atoms with Crippen LogP contribution in [-0.4, -0.2) is 4.92 Å². The molecule has 1 saturated carbocycles. The average molecular weight is 296 g/mol. The molecule has 0 saturated heterocycles. The Morgan fingerprint density at radius 1 is 1.09 bits per heavy atom. The number of benzene rings is 2. The maximum absolute atomic E-state index is 10.8. The summed E-state index contributed by atoms with van der Waals surface area (Å²) in [4.78, 5) is 10.4. The molecule has 0 heterocycles. The topological polar surface area (TPSA) is 55.2 Å². The molecule has 4 heteroatoms. The van der Waals surface area contributed by atoms with Crippen molar-refractivity contribution in [3.8, 4) is 0 Å². The zero-order valence-corrected chi connectivity index (χ0v) is 12.4. The number of nitrogens with one attached hydrogen (secondary N) is 1. The lowest BCUT2D eigenvalue weighted by atomic mass is 9.77. The lowest BCUT2D eigenvalue weighted by Gasteiger charge is -2.35. The van der Waals surface area contributed by atoms with Gasteiger partial charge in [0, 0.05) is 24.7 Å². The molecule has 1 N–H and O–H groups in total. The van der Waals surface area contributed by atoms with Crippen LogP contribution in [0.5, 0.6) is 0 Å². The van der Waals surface area contributed by atoms with E-state index in [-0.39, 0.29) is 16.7 Å². The minimum absolute atomic E-state index is 0.152. The van der Waals surface area contributed by atoms with E-state index in [2.05, 4.69) is 17.4 Å². The normalized spacial score (nSPS) is 16.0. The van der Waals surface area contributed by atoms with Crippen LogP contribution in [0.15, 0.2) is 54.6 Å². The third-order valence-electron chi connectivity index (χ3n) is 4.45. The van der Waals surface area contributed by atoms with Gasteiger partial charge in [0.25, 0.3) is 5.69 Å². The summed E-state index contributed by atoms with van der Waals surface area (Å²) in [5.74, 6) is 0.630. The van der Waals surface area contributed by atoms with Crippen molar-refractivity contribution in [3.63, 3.8) is 0 Å². The Hall–Kier alpha value is -2.20. The van der Waals surface area contributed by atoms with Crippen LogP contribution in [-0.2, 0) is 6.54 Å². The van der Waals surface area contributed by atoms with E-state index in [1.54, 1.807) is 12.1 Å². The Labute approximate surface area is 130 Å². The predicted molar refractivity (Wildman–Crippen MR) is 86.5 cm³/mol. The van der Waals surface area contributed by atoms with Crippen molar-refractivity contribution in [2.45, 2.75) is 31.8 Å². The van der Waals surface area contributed by atoms with E-state index in [1.807, 2.05) is 30.3 Å². The SMILES string of the molecule is O=[N+]([O-])c1ccc(C(NCc2ccccc2)C2CCC2)cc1. The van der Waals surface area contributed by atoms with E-state index < -0.39 is 0 Å². The third kappa shape index (κ3) is 3.34. The molecule has 0 aromatic heterocycles. The van der Waals surface area contributed by atoms with Crippen LogP contribution in [0.4, 0.5) is 5.69 Å². The molecule has 1 aliphatic carbocycles. The summed E-state index contributed by atoms with van der Waals surface area (Å²) in [6.07, 6.45) is 3.73. The molecule has 2 aromatic rings. The van der Waals surface area contributed by atoms with Crippen LogP contribution in [0.2, 0.25) is 0 Å². The van der Waals surface area contributed by atoms with Gasteiger partial charge in [-0.25, -0.2) is 0 Å². The van der Waals surface area contributed by atoms with Crippen molar-refractivity contribution >= 4 is 5.69 Å². The predicted octanol–water partition coefficient (Wildman–Crippen LogP) is 4.23. The van der Waals surface area contributed by atoms with Crippen molar-refractivity contribution in [2.75, 3.05) is 0 Å². The van der Waals surface area contributed by atoms with Crippen LogP contribution >= 0.6 is 0 Å². The standard InChI is InChI=1S/C18H20N2O2/c21-20(22)17-11-9-16(10-12-17)18(15-7-4-8-15)19-13-14-5-2-1-3-6-14/h1-3,5-6,9-12,15,18-19H,4,7-8,13H2. The molecule has 0 spiro atoms. The van der Waals surface area contributed by atoms with Gasteiger partial charge in [0.1, 0.15) is 0 Å². The maximum Gasteiger partial charge on any atom is 0.269 e. The fourth-order valence-corrected chi connectivity index (χ4v) is 2.96. The zero-order valence-electron chi connectivity index (χ0n) is 12.4. The van der Waals surface area contributed by atoms with Gasteiger partial charge >= 0.3 is 0 Å². The lowest BCUT2D eigenvalue weighted by molar-refractivity contribution is -0.384. The van der Waals surface area contributed by atoms with Crippen LogP contribution in [0.1, 0.15) is 36.4 Å². The van der Waals surface area contributed by atoms with Crippen molar-refractivity contribution in [1.82, 2.24) is 5.32 Å². The van der Waals surface area contributed by atoms with Gasteiger partial charge in [0.05, 0.1) is 4.92 Å². The van der Waals surface area contributed by atoms with E-state index in [9.17, 15) is 10.1 Å². The summed E-state index contributed by atoms with van der Waals surface area (Å²) in [5.41, 5.74) is 2.55. The molecule has 0 aliphatic heterocycles. The molecule has 3 rings (SSSR count). The van der Waals surface area contributed by atoms with Gasteiger partial charge in [-0.3, -0.25) is 10.1 Å². The number of rotatable bonds is 6. The molecule has 2 aromatic carbocycles. The molecule has 114 valence electrons. The van der Waals surface area contributed by atoms with E-state index in [1.165, 1.54) is 24.8 Å². The summed E-state index contributed by atoms with van der Waals surface area (Å²) in [5, 5.41) is 14.4. The van der Waals surface area contributed by atoms with Gasteiger partial charge in [-0.15, -0.1) is 0 Å². The van der Waals surface area contributed by atoms with E-state index in [0.29, 0.717) is 5.92 Å². The van der Waals surface area contributed by atoms with Gasteiger partial charge in [-0.05, 0) is 29.9 Å².